The zero-order chi connectivity index (χ0) is 15.1. The molecule has 0 fully saturated rings. The van der Waals surface area contributed by atoms with Crippen LogP contribution < -0.4 is 0 Å². The van der Waals surface area contributed by atoms with Gasteiger partial charge in [0.05, 0.1) is 0 Å². The van der Waals surface area contributed by atoms with E-state index in [9.17, 15) is 26.7 Å². The van der Waals surface area contributed by atoms with Gasteiger partial charge in [-0.3, -0.25) is 4.79 Å². The maximum absolute atomic E-state index is 13.0. The number of carboxylic acids is 1. The van der Waals surface area contributed by atoms with Crippen LogP contribution in [0.4, 0.5) is 22.0 Å². The standard InChI is InChI=1S/C12H19F5O2/c1-2-3-4-5-6-7-8-9(10(18)19)11(13,14)12(15,16)17/h9H,2-8H2,1H3,(H,18,19). The van der Waals surface area contributed by atoms with E-state index < -0.39 is 30.4 Å². The average Bonchev–Trinajstić information content (AvgIpc) is 2.25. The summed E-state index contributed by atoms with van der Waals surface area (Å²) in [6, 6.07) is 0. The lowest BCUT2D eigenvalue weighted by Gasteiger charge is -2.25. The Morgan fingerprint density at radius 2 is 1.47 bits per heavy atom. The van der Waals surface area contributed by atoms with Gasteiger partial charge in [0.15, 0.2) is 0 Å². The summed E-state index contributed by atoms with van der Waals surface area (Å²) in [6.07, 6.45) is -2.39. The first-order valence-corrected chi connectivity index (χ1v) is 6.32. The Labute approximate surface area is 109 Å². The van der Waals surface area contributed by atoms with E-state index in [0.29, 0.717) is 6.42 Å². The fourth-order valence-electron chi connectivity index (χ4n) is 1.79. The highest BCUT2D eigenvalue weighted by Crippen LogP contribution is 2.43. The molecule has 0 amide bonds. The monoisotopic (exact) mass is 290 g/mol. The van der Waals surface area contributed by atoms with Gasteiger partial charge in [-0.1, -0.05) is 45.4 Å². The first-order valence-electron chi connectivity index (χ1n) is 6.32. The fourth-order valence-corrected chi connectivity index (χ4v) is 1.79. The van der Waals surface area contributed by atoms with Gasteiger partial charge in [-0.05, 0) is 6.42 Å². The number of hydrogen-bond acceptors (Lipinski definition) is 1. The molecule has 0 aliphatic heterocycles. The van der Waals surface area contributed by atoms with E-state index >= 15 is 0 Å². The Morgan fingerprint density at radius 1 is 1.00 bits per heavy atom. The van der Waals surface area contributed by atoms with Crippen LogP contribution >= 0.6 is 0 Å². The van der Waals surface area contributed by atoms with Crippen LogP contribution in [0.15, 0.2) is 0 Å². The van der Waals surface area contributed by atoms with Gasteiger partial charge in [0.1, 0.15) is 5.92 Å². The zero-order valence-corrected chi connectivity index (χ0v) is 10.8. The van der Waals surface area contributed by atoms with Gasteiger partial charge in [-0.2, -0.15) is 22.0 Å². The zero-order valence-electron chi connectivity index (χ0n) is 10.8. The second-order valence-electron chi connectivity index (χ2n) is 4.57. The number of carboxylic acid groups (broad SMARTS) is 1. The molecule has 0 saturated heterocycles. The molecule has 1 unspecified atom stereocenters. The van der Waals surface area contributed by atoms with E-state index in [1.54, 1.807) is 0 Å². The van der Waals surface area contributed by atoms with Crippen LogP contribution in [0.2, 0.25) is 0 Å². The number of rotatable bonds is 9. The summed E-state index contributed by atoms with van der Waals surface area (Å²) in [5.41, 5.74) is 0. The highest BCUT2D eigenvalue weighted by Gasteiger charge is 2.64. The molecule has 0 aliphatic rings. The predicted octanol–water partition coefficient (Wildman–Crippen LogP) is 4.64. The minimum atomic E-state index is -5.82. The van der Waals surface area contributed by atoms with Gasteiger partial charge >= 0.3 is 18.1 Å². The molecule has 0 saturated carbocycles. The minimum Gasteiger partial charge on any atom is -0.481 e. The lowest BCUT2D eigenvalue weighted by Crippen LogP contribution is -2.46. The van der Waals surface area contributed by atoms with Crippen LogP contribution in [0, 0.1) is 5.92 Å². The lowest BCUT2D eigenvalue weighted by atomic mass is 9.93. The van der Waals surface area contributed by atoms with Crippen LogP contribution in [-0.4, -0.2) is 23.2 Å². The van der Waals surface area contributed by atoms with Crippen molar-refractivity contribution in [3.05, 3.63) is 0 Å². The third-order valence-electron chi connectivity index (χ3n) is 2.96. The highest BCUT2D eigenvalue weighted by atomic mass is 19.4. The van der Waals surface area contributed by atoms with Crippen LogP contribution in [-0.2, 0) is 4.79 Å². The number of halogens is 5. The maximum Gasteiger partial charge on any atom is 0.454 e. The van der Waals surface area contributed by atoms with E-state index in [0.717, 1.165) is 25.7 Å². The highest BCUT2D eigenvalue weighted by molar-refractivity contribution is 5.71. The van der Waals surface area contributed by atoms with Crippen molar-refractivity contribution in [2.24, 2.45) is 5.92 Å². The third-order valence-corrected chi connectivity index (χ3v) is 2.96. The molecule has 0 spiro atoms. The SMILES string of the molecule is CCCCCCCCC(C(=O)O)C(F)(F)C(F)(F)F. The number of hydrogen-bond donors (Lipinski definition) is 1. The first-order chi connectivity index (χ1) is 8.64. The quantitative estimate of drug-likeness (QED) is 0.496. The molecule has 0 aromatic heterocycles. The average molecular weight is 290 g/mol. The Bertz CT molecular complexity index is 276. The summed E-state index contributed by atoms with van der Waals surface area (Å²) >= 11 is 0. The van der Waals surface area contributed by atoms with Gasteiger partial charge in [-0.25, -0.2) is 0 Å². The number of unbranched alkanes of at least 4 members (excludes halogenated alkanes) is 5. The molecule has 0 heterocycles. The van der Waals surface area contributed by atoms with E-state index in [1.807, 2.05) is 6.92 Å². The second kappa shape index (κ2) is 7.65. The van der Waals surface area contributed by atoms with Crippen LogP contribution in [0.5, 0.6) is 0 Å². The van der Waals surface area contributed by atoms with Gasteiger partial charge in [0, 0.05) is 0 Å². The molecule has 2 nitrogen and oxygen atoms in total. The Morgan fingerprint density at radius 3 is 1.89 bits per heavy atom. The van der Waals surface area contributed by atoms with Crippen molar-refractivity contribution in [1.29, 1.82) is 0 Å². The molecule has 1 atom stereocenters. The maximum atomic E-state index is 13.0. The summed E-state index contributed by atoms with van der Waals surface area (Å²) in [5, 5.41) is 8.53. The van der Waals surface area contributed by atoms with Crippen molar-refractivity contribution in [3.63, 3.8) is 0 Å². The second-order valence-corrected chi connectivity index (χ2v) is 4.57. The predicted molar refractivity (Wildman–Crippen MR) is 60.1 cm³/mol. The molecule has 19 heavy (non-hydrogen) atoms. The number of alkyl halides is 5. The van der Waals surface area contributed by atoms with Crippen molar-refractivity contribution < 1.29 is 31.9 Å². The smallest absolute Gasteiger partial charge is 0.454 e. The van der Waals surface area contributed by atoms with Gasteiger partial charge in [0.25, 0.3) is 0 Å². The van der Waals surface area contributed by atoms with Crippen LogP contribution in [0.25, 0.3) is 0 Å². The number of aliphatic carboxylic acids is 1. The lowest BCUT2D eigenvalue weighted by molar-refractivity contribution is -0.301. The molecular weight excluding hydrogens is 271 g/mol. The van der Waals surface area contributed by atoms with Crippen molar-refractivity contribution in [2.75, 3.05) is 0 Å². The van der Waals surface area contributed by atoms with Gasteiger partial charge in [0.2, 0.25) is 0 Å². The Balaban J connectivity index is 4.33. The van der Waals surface area contributed by atoms with Crippen LogP contribution in [0.1, 0.15) is 51.9 Å². The molecule has 0 radical (unpaired) electrons. The van der Waals surface area contributed by atoms with E-state index in [2.05, 4.69) is 0 Å². The topological polar surface area (TPSA) is 37.3 Å². The van der Waals surface area contributed by atoms with Crippen LogP contribution in [0.3, 0.4) is 0 Å². The number of carbonyl (C=O) groups is 1. The van der Waals surface area contributed by atoms with Crippen molar-refractivity contribution in [1.82, 2.24) is 0 Å². The largest absolute Gasteiger partial charge is 0.481 e. The summed E-state index contributed by atoms with van der Waals surface area (Å²) in [5.74, 6) is -9.98. The molecule has 1 N–H and O–H groups in total. The third kappa shape index (κ3) is 5.74. The van der Waals surface area contributed by atoms with Crippen molar-refractivity contribution in [3.8, 4) is 0 Å². The van der Waals surface area contributed by atoms with Crippen molar-refractivity contribution >= 4 is 5.97 Å². The molecular formula is C12H19F5O2. The Hall–Kier alpha value is -0.880. The molecule has 0 rings (SSSR count). The summed E-state index contributed by atoms with van der Waals surface area (Å²) in [4.78, 5) is 10.6. The summed E-state index contributed by atoms with van der Waals surface area (Å²) in [7, 11) is 0. The molecule has 0 aromatic carbocycles. The van der Waals surface area contributed by atoms with Gasteiger partial charge < -0.3 is 5.11 Å². The van der Waals surface area contributed by atoms with Crippen molar-refractivity contribution in [2.45, 2.75) is 64.0 Å². The minimum absolute atomic E-state index is 0.0619. The summed E-state index contributed by atoms with van der Waals surface area (Å²) in [6.45, 7) is 1.99. The van der Waals surface area contributed by atoms with E-state index in [-0.39, 0.29) is 6.42 Å². The molecule has 0 bridgehead atoms. The van der Waals surface area contributed by atoms with E-state index in [1.165, 1.54) is 0 Å². The van der Waals surface area contributed by atoms with Gasteiger partial charge in [-0.15, -0.1) is 0 Å². The molecule has 114 valence electrons. The molecule has 7 heteroatoms. The fraction of sp³-hybridized carbons (Fsp3) is 0.917. The first kappa shape index (κ1) is 18.1. The summed E-state index contributed by atoms with van der Waals surface area (Å²) < 4.78 is 62.3. The molecule has 0 aromatic rings. The Kier molecular flexibility index (Phi) is 7.29. The molecule has 0 aliphatic carbocycles. The normalized spacial score (nSPS) is 14.4. The van der Waals surface area contributed by atoms with E-state index in [4.69, 9.17) is 5.11 Å².